The van der Waals surface area contributed by atoms with Crippen LogP contribution in [0.1, 0.15) is 61.8 Å². The summed E-state index contributed by atoms with van der Waals surface area (Å²) in [6, 6.07) is 0. The second-order valence-corrected chi connectivity index (χ2v) is 12.2. The summed E-state index contributed by atoms with van der Waals surface area (Å²) in [4.78, 5) is 31.8. The molecule has 3 aliphatic heterocycles. The fourth-order valence-corrected chi connectivity index (χ4v) is 5.64. The molecule has 44 heavy (non-hydrogen) atoms. The van der Waals surface area contributed by atoms with E-state index in [4.69, 9.17) is 33.9 Å². The summed E-state index contributed by atoms with van der Waals surface area (Å²) in [5, 5.41) is 36.9. The van der Waals surface area contributed by atoms with Gasteiger partial charge in [0, 0.05) is 45.1 Å². The fraction of sp³-hybridized carbons (Fsp3) is 0.903. The van der Waals surface area contributed by atoms with Crippen molar-refractivity contribution in [1.29, 1.82) is 0 Å². The van der Waals surface area contributed by atoms with Gasteiger partial charge in [-0.15, -0.1) is 0 Å². The van der Waals surface area contributed by atoms with Gasteiger partial charge in [0.05, 0.1) is 45.2 Å². The van der Waals surface area contributed by atoms with Crippen molar-refractivity contribution in [2.75, 3.05) is 46.2 Å². The summed E-state index contributed by atoms with van der Waals surface area (Å²) < 4.78 is 30.8. The van der Waals surface area contributed by atoms with Crippen LogP contribution >= 0.6 is 0 Å². The minimum atomic E-state index is -1.14. The lowest BCUT2D eigenvalue weighted by Crippen LogP contribution is -2.41. The van der Waals surface area contributed by atoms with E-state index < -0.39 is 30.4 Å². The van der Waals surface area contributed by atoms with E-state index in [1.54, 1.807) is 0 Å². The first kappa shape index (κ1) is 40.2. The van der Waals surface area contributed by atoms with Crippen LogP contribution in [0.2, 0.25) is 0 Å². The van der Waals surface area contributed by atoms with E-state index in [2.05, 4.69) is 32.4 Å². The van der Waals surface area contributed by atoms with Crippen molar-refractivity contribution in [2.24, 2.45) is 35.5 Å². The summed E-state index contributed by atoms with van der Waals surface area (Å²) in [7, 11) is 0. The molecule has 0 aliphatic carbocycles. The largest absolute Gasteiger partial charge is 0.465 e. The van der Waals surface area contributed by atoms with Gasteiger partial charge < -0.3 is 48.8 Å². The SMILES string of the molecule is CC(=O)OCC(C)C1OC[C@@H](CO)[C@@H]1C.CC(=O)OCC(O)C1OCC(O)C1O.CC[C@@H]1COC(C(C)COC(C)=O)[C@H]1C. The molecular weight excluding hydrogens is 580 g/mol. The molecule has 3 fully saturated rings. The number of ether oxygens (including phenoxy) is 6. The van der Waals surface area contributed by atoms with Gasteiger partial charge in [0.15, 0.2) is 0 Å². The van der Waals surface area contributed by atoms with Gasteiger partial charge in [0.25, 0.3) is 0 Å². The number of esters is 3. The lowest BCUT2D eigenvalue weighted by atomic mass is 9.86. The summed E-state index contributed by atoms with van der Waals surface area (Å²) in [5.74, 6) is 1.26. The molecule has 0 saturated carbocycles. The highest BCUT2D eigenvalue weighted by Gasteiger charge is 2.40. The third-order valence-electron chi connectivity index (χ3n) is 8.54. The van der Waals surface area contributed by atoms with Crippen molar-refractivity contribution >= 4 is 17.9 Å². The monoisotopic (exact) mass is 636 g/mol. The van der Waals surface area contributed by atoms with E-state index in [0.717, 1.165) is 13.0 Å². The Hall–Kier alpha value is -1.87. The molecule has 0 amide bonds. The Labute approximate surface area is 261 Å². The zero-order valence-electron chi connectivity index (χ0n) is 27.5. The molecule has 0 bridgehead atoms. The summed E-state index contributed by atoms with van der Waals surface area (Å²) >= 11 is 0. The van der Waals surface area contributed by atoms with Crippen LogP contribution in [0, 0.1) is 35.5 Å². The maximum Gasteiger partial charge on any atom is 0.302 e. The lowest BCUT2D eigenvalue weighted by Gasteiger charge is -2.23. The van der Waals surface area contributed by atoms with Crippen molar-refractivity contribution in [1.82, 2.24) is 0 Å². The molecule has 0 radical (unpaired) electrons. The number of hydrogen-bond acceptors (Lipinski definition) is 13. The first-order valence-electron chi connectivity index (χ1n) is 15.5. The second kappa shape index (κ2) is 20.3. The predicted octanol–water partition coefficient (Wildman–Crippen LogP) is 1.11. The van der Waals surface area contributed by atoms with Crippen molar-refractivity contribution in [3.63, 3.8) is 0 Å². The van der Waals surface area contributed by atoms with Gasteiger partial charge in [0.2, 0.25) is 0 Å². The topological polar surface area (TPSA) is 188 Å². The van der Waals surface area contributed by atoms with Gasteiger partial charge in [0.1, 0.15) is 31.0 Å². The van der Waals surface area contributed by atoms with Crippen LogP contribution in [-0.4, -0.2) is 121 Å². The standard InChI is InChI=1S/C12H22O3.C11H20O4.C8H14O6/c1-5-11-7-15-12(9(11)3)8(2)6-14-10(4)13;1-7(5-14-9(3)13)11-8(2)10(4-12)6-15-11;1-4(9)13-3-6(11)8-7(12)5(10)2-14-8/h8-9,11-12H,5-7H2,1-4H3;7-8,10-12H,4-6H2,1-3H3;5-8,10-12H,2-3H2,1H3/t8?,9-,11+,12?;7?,8-,10+,11?;/m00./s1. The first-order valence-corrected chi connectivity index (χ1v) is 15.5. The molecule has 0 aromatic rings. The Morgan fingerprint density at radius 2 is 1.14 bits per heavy atom. The highest BCUT2D eigenvalue weighted by Crippen LogP contribution is 2.33. The Kier molecular flexibility index (Phi) is 18.5. The van der Waals surface area contributed by atoms with E-state index in [-0.39, 0.29) is 55.8 Å². The van der Waals surface area contributed by atoms with Gasteiger partial charge >= 0.3 is 17.9 Å². The van der Waals surface area contributed by atoms with E-state index in [9.17, 15) is 24.6 Å². The van der Waals surface area contributed by atoms with Crippen LogP contribution in [0.15, 0.2) is 0 Å². The normalized spacial score (nSPS) is 33.1. The van der Waals surface area contributed by atoms with E-state index in [1.165, 1.54) is 20.8 Å². The van der Waals surface area contributed by atoms with Gasteiger partial charge in [-0.25, -0.2) is 0 Å². The second-order valence-electron chi connectivity index (χ2n) is 12.2. The van der Waals surface area contributed by atoms with E-state index in [0.29, 0.717) is 43.5 Å². The highest BCUT2D eigenvalue weighted by atomic mass is 16.6. The molecule has 12 atom stereocenters. The predicted molar refractivity (Wildman–Crippen MR) is 158 cm³/mol. The van der Waals surface area contributed by atoms with E-state index in [1.807, 2.05) is 6.92 Å². The van der Waals surface area contributed by atoms with Gasteiger partial charge in [-0.3, -0.25) is 14.4 Å². The Morgan fingerprint density at radius 1 is 0.727 bits per heavy atom. The molecule has 3 rings (SSSR count). The third-order valence-corrected chi connectivity index (χ3v) is 8.54. The number of aliphatic hydroxyl groups excluding tert-OH is 4. The van der Waals surface area contributed by atoms with Gasteiger partial charge in [-0.2, -0.15) is 0 Å². The molecule has 3 saturated heterocycles. The van der Waals surface area contributed by atoms with Crippen molar-refractivity contribution in [3.8, 4) is 0 Å². The van der Waals surface area contributed by atoms with Crippen LogP contribution in [0.5, 0.6) is 0 Å². The molecule has 8 unspecified atom stereocenters. The molecule has 4 N–H and O–H groups in total. The quantitative estimate of drug-likeness (QED) is 0.187. The van der Waals surface area contributed by atoms with Crippen molar-refractivity contribution < 1.29 is 63.2 Å². The number of rotatable bonds is 11. The lowest BCUT2D eigenvalue weighted by molar-refractivity contribution is -0.148. The fourth-order valence-electron chi connectivity index (χ4n) is 5.64. The molecule has 3 heterocycles. The number of carbonyl (C=O) groups excluding carboxylic acids is 3. The minimum Gasteiger partial charge on any atom is -0.465 e. The molecule has 0 aromatic heterocycles. The molecule has 13 nitrogen and oxygen atoms in total. The van der Waals surface area contributed by atoms with Gasteiger partial charge in [-0.05, 0) is 17.8 Å². The zero-order chi connectivity index (χ0) is 33.6. The first-order chi connectivity index (χ1) is 20.6. The molecule has 258 valence electrons. The van der Waals surface area contributed by atoms with Crippen molar-refractivity contribution in [2.45, 2.75) is 98.4 Å². The van der Waals surface area contributed by atoms with Crippen LogP contribution in [0.3, 0.4) is 0 Å². The van der Waals surface area contributed by atoms with Crippen LogP contribution in [0.25, 0.3) is 0 Å². The average Bonchev–Trinajstić information content (AvgIpc) is 3.65. The van der Waals surface area contributed by atoms with Crippen LogP contribution in [-0.2, 0) is 42.8 Å². The Balaban J connectivity index is 0.000000330. The molecular formula is C31H56O13. The molecule has 0 aromatic carbocycles. The Bertz CT molecular complexity index is 808. The zero-order valence-corrected chi connectivity index (χ0v) is 27.5. The summed E-state index contributed by atoms with van der Waals surface area (Å²) in [5.41, 5.74) is 0. The molecule has 3 aliphatic rings. The van der Waals surface area contributed by atoms with Crippen molar-refractivity contribution in [3.05, 3.63) is 0 Å². The van der Waals surface area contributed by atoms with Crippen LogP contribution < -0.4 is 0 Å². The summed E-state index contributed by atoms with van der Waals surface area (Å²) in [6.07, 6.45) is -2.66. The maximum absolute atomic E-state index is 10.7. The molecule has 13 heteroatoms. The number of hydrogen-bond donors (Lipinski definition) is 4. The maximum atomic E-state index is 10.7. The van der Waals surface area contributed by atoms with Gasteiger partial charge in [-0.1, -0.05) is 41.0 Å². The summed E-state index contributed by atoms with van der Waals surface area (Å²) in [6.45, 7) is 16.9. The highest BCUT2D eigenvalue weighted by molar-refractivity contribution is 5.66. The van der Waals surface area contributed by atoms with E-state index >= 15 is 0 Å². The third kappa shape index (κ3) is 13.2. The Morgan fingerprint density at radius 3 is 1.48 bits per heavy atom. The minimum absolute atomic E-state index is 0.0248. The number of carbonyl (C=O) groups is 3. The average molecular weight is 637 g/mol. The van der Waals surface area contributed by atoms with Crippen LogP contribution in [0.4, 0.5) is 0 Å². The smallest absolute Gasteiger partial charge is 0.302 e. The number of aliphatic hydroxyl groups is 4. The molecule has 0 spiro atoms.